The van der Waals surface area contributed by atoms with E-state index in [-0.39, 0.29) is 4.91 Å². The summed E-state index contributed by atoms with van der Waals surface area (Å²) in [4.78, 5) is 35.7. The van der Waals surface area contributed by atoms with Crippen molar-refractivity contribution in [2.24, 2.45) is 0 Å². The summed E-state index contributed by atoms with van der Waals surface area (Å²) in [6.07, 6.45) is 1.41. The van der Waals surface area contributed by atoms with Crippen molar-refractivity contribution in [1.82, 2.24) is 4.90 Å². The summed E-state index contributed by atoms with van der Waals surface area (Å²) in [5.41, 5.74) is 0.466. The Morgan fingerprint density at radius 2 is 2.20 bits per heavy atom. The maximum Gasteiger partial charge on any atom is 0.325 e. The molecule has 1 aliphatic rings. The molecule has 0 N–H and O–H groups in total. The van der Waals surface area contributed by atoms with E-state index in [1.807, 2.05) is 0 Å². The molecule has 20 heavy (non-hydrogen) atoms. The topological polar surface area (TPSA) is 63.7 Å². The van der Waals surface area contributed by atoms with Gasteiger partial charge in [-0.1, -0.05) is 12.1 Å². The number of esters is 1. The first-order chi connectivity index (χ1) is 9.51. The van der Waals surface area contributed by atoms with Gasteiger partial charge in [-0.3, -0.25) is 19.3 Å². The maximum atomic E-state index is 13.0. The van der Waals surface area contributed by atoms with Crippen molar-refractivity contribution in [2.45, 2.75) is 0 Å². The predicted molar refractivity (Wildman–Crippen MR) is 71.1 cm³/mol. The lowest BCUT2D eigenvalue weighted by molar-refractivity contribution is -0.143. The zero-order valence-electron chi connectivity index (χ0n) is 10.5. The third-order valence-electron chi connectivity index (χ3n) is 2.53. The number of rotatable bonds is 3. The van der Waals surface area contributed by atoms with E-state index in [1.54, 1.807) is 6.07 Å². The second-order valence-corrected chi connectivity index (χ2v) is 4.89. The van der Waals surface area contributed by atoms with Crippen LogP contribution in [0.5, 0.6) is 0 Å². The number of amides is 2. The van der Waals surface area contributed by atoms with E-state index in [4.69, 9.17) is 0 Å². The molecule has 1 heterocycles. The molecule has 7 heteroatoms. The molecular weight excluding hydrogens is 285 g/mol. The van der Waals surface area contributed by atoms with Crippen LogP contribution in [0, 0.1) is 5.82 Å². The molecule has 2 rings (SSSR count). The molecule has 0 aliphatic carbocycles. The Labute approximate surface area is 118 Å². The van der Waals surface area contributed by atoms with Gasteiger partial charge in [0.1, 0.15) is 12.4 Å². The zero-order chi connectivity index (χ0) is 14.7. The van der Waals surface area contributed by atoms with Crippen LogP contribution in [0.4, 0.5) is 9.18 Å². The van der Waals surface area contributed by atoms with E-state index in [2.05, 4.69) is 4.74 Å². The number of carbonyl (C=O) groups is 3. The lowest BCUT2D eigenvalue weighted by Crippen LogP contribution is -2.34. The standard InChI is InChI=1S/C13H10FNO4S/c1-19-11(16)7-15-12(17)10(20-13(15)18)6-8-3-2-4-9(14)5-8/h2-6H,7H2,1H3/b10-6-. The third kappa shape index (κ3) is 3.05. The molecule has 104 valence electrons. The summed E-state index contributed by atoms with van der Waals surface area (Å²) in [7, 11) is 1.17. The Hall–Kier alpha value is -2.15. The van der Waals surface area contributed by atoms with Crippen LogP contribution in [0.1, 0.15) is 5.56 Å². The van der Waals surface area contributed by atoms with Crippen LogP contribution in [0.2, 0.25) is 0 Å². The fourth-order valence-electron chi connectivity index (χ4n) is 1.58. The molecule has 1 aromatic rings. The summed E-state index contributed by atoms with van der Waals surface area (Å²) in [5.74, 6) is -1.71. The van der Waals surface area contributed by atoms with Crippen molar-refractivity contribution in [2.75, 3.05) is 13.7 Å². The van der Waals surface area contributed by atoms with Crippen LogP contribution in [0.15, 0.2) is 29.2 Å². The average molecular weight is 295 g/mol. The maximum absolute atomic E-state index is 13.0. The van der Waals surface area contributed by atoms with Crippen LogP contribution >= 0.6 is 11.8 Å². The lowest BCUT2D eigenvalue weighted by atomic mass is 10.2. The molecule has 1 fully saturated rings. The quantitative estimate of drug-likeness (QED) is 0.630. The van der Waals surface area contributed by atoms with Gasteiger partial charge in [0.15, 0.2) is 0 Å². The molecule has 0 spiro atoms. The number of ether oxygens (including phenoxy) is 1. The van der Waals surface area contributed by atoms with Crippen molar-refractivity contribution < 1.29 is 23.5 Å². The third-order valence-corrected chi connectivity index (χ3v) is 3.44. The van der Waals surface area contributed by atoms with Gasteiger partial charge in [0, 0.05) is 0 Å². The molecule has 1 aromatic carbocycles. The highest BCUT2D eigenvalue weighted by Gasteiger charge is 2.36. The van der Waals surface area contributed by atoms with Gasteiger partial charge in [-0.05, 0) is 35.5 Å². The van der Waals surface area contributed by atoms with Crippen LogP contribution in [-0.4, -0.2) is 35.7 Å². The molecule has 0 atom stereocenters. The number of carbonyl (C=O) groups excluding carboxylic acids is 3. The molecule has 0 radical (unpaired) electrons. The minimum absolute atomic E-state index is 0.143. The first kappa shape index (κ1) is 14.3. The van der Waals surface area contributed by atoms with Gasteiger partial charge in [0.2, 0.25) is 0 Å². The van der Waals surface area contributed by atoms with E-state index in [1.165, 1.54) is 31.4 Å². The zero-order valence-corrected chi connectivity index (χ0v) is 11.3. The normalized spacial score (nSPS) is 16.9. The Balaban J connectivity index is 2.21. The minimum Gasteiger partial charge on any atom is -0.468 e. The van der Waals surface area contributed by atoms with Gasteiger partial charge in [0.25, 0.3) is 11.1 Å². The first-order valence-corrected chi connectivity index (χ1v) is 6.40. The van der Waals surface area contributed by atoms with E-state index in [0.717, 1.165) is 4.90 Å². The monoisotopic (exact) mass is 295 g/mol. The highest BCUT2D eigenvalue weighted by Crippen LogP contribution is 2.32. The SMILES string of the molecule is COC(=O)CN1C(=O)S/C(=C\c2cccc(F)c2)C1=O. The summed E-state index contributed by atoms with van der Waals surface area (Å²) in [6, 6.07) is 5.63. The van der Waals surface area contributed by atoms with E-state index < -0.39 is 29.5 Å². The van der Waals surface area contributed by atoms with Crippen molar-refractivity contribution in [3.63, 3.8) is 0 Å². The fraction of sp³-hybridized carbons (Fsp3) is 0.154. The van der Waals surface area contributed by atoms with Crippen molar-refractivity contribution >= 4 is 35.0 Å². The average Bonchev–Trinajstić information content (AvgIpc) is 2.66. The molecule has 1 saturated heterocycles. The summed E-state index contributed by atoms with van der Waals surface area (Å²) in [6.45, 7) is -0.429. The Bertz CT molecular complexity index is 614. The van der Waals surface area contributed by atoms with Crippen LogP contribution in [0.3, 0.4) is 0 Å². The molecule has 1 aliphatic heterocycles. The number of hydrogen-bond donors (Lipinski definition) is 0. The van der Waals surface area contributed by atoms with Crippen molar-refractivity contribution in [3.8, 4) is 0 Å². The van der Waals surface area contributed by atoms with E-state index >= 15 is 0 Å². The highest BCUT2D eigenvalue weighted by molar-refractivity contribution is 8.18. The van der Waals surface area contributed by atoms with Crippen LogP contribution < -0.4 is 0 Å². The predicted octanol–water partition coefficient (Wildman–Crippen LogP) is 2.03. The number of methoxy groups -OCH3 is 1. The van der Waals surface area contributed by atoms with E-state index in [0.29, 0.717) is 17.3 Å². The highest BCUT2D eigenvalue weighted by atomic mass is 32.2. The lowest BCUT2D eigenvalue weighted by Gasteiger charge is -2.09. The number of nitrogens with zero attached hydrogens (tertiary/aromatic N) is 1. The van der Waals surface area contributed by atoms with Gasteiger partial charge < -0.3 is 4.74 Å². The molecule has 0 bridgehead atoms. The number of benzene rings is 1. The van der Waals surface area contributed by atoms with Crippen molar-refractivity contribution in [1.29, 1.82) is 0 Å². The summed E-state index contributed by atoms with van der Waals surface area (Å²) in [5, 5.41) is -0.553. The van der Waals surface area contributed by atoms with Gasteiger partial charge in [0.05, 0.1) is 12.0 Å². The molecule has 5 nitrogen and oxygen atoms in total. The first-order valence-electron chi connectivity index (χ1n) is 5.59. The second-order valence-electron chi connectivity index (χ2n) is 3.90. The van der Waals surface area contributed by atoms with E-state index in [9.17, 15) is 18.8 Å². The Kier molecular flexibility index (Phi) is 4.19. The Morgan fingerprint density at radius 3 is 2.85 bits per heavy atom. The molecule has 0 unspecified atom stereocenters. The van der Waals surface area contributed by atoms with Crippen molar-refractivity contribution in [3.05, 3.63) is 40.6 Å². The number of hydrogen-bond acceptors (Lipinski definition) is 5. The Morgan fingerprint density at radius 1 is 1.45 bits per heavy atom. The van der Waals surface area contributed by atoms with Gasteiger partial charge in [-0.15, -0.1) is 0 Å². The molecular formula is C13H10FNO4S. The molecule has 0 saturated carbocycles. The van der Waals surface area contributed by atoms with Gasteiger partial charge in [-0.2, -0.15) is 0 Å². The minimum atomic E-state index is -0.681. The second kappa shape index (κ2) is 5.87. The van der Waals surface area contributed by atoms with Crippen LogP contribution in [0.25, 0.3) is 6.08 Å². The summed E-state index contributed by atoms with van der Waals surface area (Å²) >= 11 is 0.703. The smallest absolute Gasteiger partial charge is 0.325 e. The molecule has 0 aromatic heterocycles. The fourth-order valence-corrected chi connectivity index (χ4v) is 2.42. The summed E-state index contributed by atoms with van der Waals surface area (Å²) < 4.78 is 17.5. The number of thioether (sulfide) groups is 1. The van der Waals surface area contributed by atoms with Crippen LogP contribution in [-0.2, 0) is 14.3 Å². The largest absolute Gasteiger partial charge is 0.468 e. The molecule has 2 amide bonds. The number of imide groups is 1. The van der Waals surface area contributed by atoms with Gasteiger partial charge >= 0.3 is 5.97 Å². The number of halogens is 1. The van der Waals surface area contributed by atoms with Gasteiger partial charge in [-0.25, -0.2) is 4.39 Å².